The lowest BCUT2D eigenvalue weighted by atomic mass is 10.1. The van der Waals surface area contributed by atoms with Crippen molar-refractivity contribution in [1.29, 1.82) is 0 Å². The molecule has 0 saturated carbocycles. The molecule has 0 radical (unpaired) electrons. The van der Waals surface area contributed by atoms with Crippen LogP contribution in [0.4, 0.5) is 0 Å². The summed E-state index contributed by atoms with van der Waals surface area (Å²) in [6, 6.07) is 7.94. The van der Waals surface area contributed by atoms with Gasteiger partial charge in [-0.05, 0) is 25.0 Å². The maximum atomic E-state index is 11.6. The number of rotatable bonds is 4. The molecular formula is C12H18N2O. The monoisotopic (exact) mass is 206 g/mol. The fourth-order valence-corrected chi connectivity index (χ4v) is 1.37. The third kappa shape index (κ3) is 3.72. The van der Waals surface area contributed by atoms with E-state index in [1.165, 1.54) is 0 Å². The minimum Gasteiger partial charge on any atom is -0.352 e. The smallest absolute Gasteiger partial charge is 0.224 e. The molecule has 1 amide bonds. The molecule has 0 fully saturated rings. The van der Waals surface area contributed by atoms with Gasteiger partial charge in [0.15, 0.2) is 0 Å². The molecule has 15 heavy (non-hydrogen) atoms. The van der Waals surface area contributed by atoms with Gasteiger partial charge in [0.25, 0.3) is 0 Å². The highest BCUT2D eigenvalue weighted by Gasteiger charge is 2.07. The van der Waals surface area contributed by atoms with Gasteiger partial charge in [-0.25, -0.2) is 0 Å². The number of aryl methyl sites for hydroxylation is 1. The SMILES string of the molecule is Cc1ccccc1CC(=O)N[C@H](C)CN. The van der Waals surface area contributed by atoms with Gasteiger partial charge in [0, 0.05) is 12.6 Å². The molecule has 3 N–H and O–H groups in total. The van der Waals surface area contributed by atoms with Crippen LogP contribution in [-0.4, -0.2) is 18.5 Å². The van der Waals surface area contributed by atoms with E-state index in [-0.39, 0.29) is 11.9 Å². The Hall–Kier alpha value is -1.35. The van der Waals surface area contributed by atoms with E-state index in [4.69, 9.17) is 5.73 Å². The standard InChI is InChI=1S/C12H18N2O/c1-9-5-3-4-6-11(9)7-12(15)14-10(2)8-13/h3-6,10H,7-8,13H2,1-2H3,(H,14,15)/t10-/m1/s1. The van der Waals surface area contributed by atoms with E-state index < -0.39 is 0 Å². The predicted molar refractivity (Wildman–Crippen MR) is 61.5 cm³/mol. The molecule has 0 aliphatic rings. The molecule has 82 valence electrons. The fraction of sp³-hybridized carbons (Fsp3) is 0.417. The van der Waals surface area contributed by atoms with Crippen LogP contribution in [0.25, 0.3) is 0 Å². The van der Waals surface area contributed by atoms with Crippen LogP contribution in [0.3, 0.4) is 0 Å². The van der Waals surface area contributed by atoms with Crippen molar-refractivity contribution in [3.8, 4) is 0 Å². The van der Waals surface area contributed by atoms with Crippen LogP contribution in [0.2, 0.25) is 0 Å². The number of nitrogens with two attached hydrogens (primary N) is 1. The molecule has 3 nitrogen and oxygen atoms in total. The lowest BCUT2D eigenvalue weighted by Crippen LogP contribution is -2.38. The van der Waals surface area contributed by atoms with Gasteiger partial charge >= 0.3 is 0 Å². The molecule has 0 aliphatic carbocycles. The Kier molecular flexibility index (Phi) is 4.31. The second-order valence-electron chi connectivity index (χ2n) is 3.81. The Morgan fingerprint density at radius 2 is 2.13 bits per heavy atom. The summed E-state index contributed by atoms with van der Waals surface area (Å²) in [6.45, 7) is 4.38. The highest BCUT2D eigenvalue weighted by atomic mass is 16.1. The predicted octanol–water partition coefficient (Wildman–Crippen LogP) is 1.00. The first-order chi connectivity index (χ1) is 7.13. The first-order valence-corrected chi connectivity index (χ1v) is 5.17. The van der Waals surface area contributed by atoms with Crippen LogP contribution in [0.5, 0.6) is 0 Å². The average Bonchev–Trinajstić information content (AvgIpc) is 2.21. The van der Waals surface area contributed by atoms with E-state index in [2.05, 4.69) is 5.32 Å². The molecule has 0 aromatic heterocycles. The summed E-state index contributed by atoms with van der Waals surface area (Å²) in [5.74, 6) is 0.0299. The van der Waals surface area contributed by atoms with Gasteiger partial charge in [-0.1, -0.05) is 24.3 Å². The first-order valence-electron chi connectivity index (χ1n) is 5.17. The summed E-state index contributed by atoms with van der Waals surface area (Å²) >= 11 is 0. The normalized spacial score (nSPS) is 12.2. The van der Waals surface area contributed by atoms with Crippen LogP contribution >= 0.6 is 0 Å². The van der Waals surface area contributed by atoms with Crippen molar-refractivity contribution in [2.45, 2.75) is 26.3 Å². The third-order valence-electron chi connectivity index (χ3n) is 2.37. The van der Waals surface area contributed by atoms with Crippen LogP contribution in [0, 0.1) is 6.92 Å². The van der Waals surface area contributed by atoms with E-state index in [1.807, 2.05) is 38.1 Å². The van der Waals surface area contributed by atoms with Gasteiger partial charge in [-0.3, -0.25) is 4.79 Å². The van der Waals surface area contributed by atoms with Crippen LogP contribution in [0.15, 0.2) is 24.3 Å². The summed E-state index contributed by atoms with van der Waals surface area (Å²) in [4.78, 5) is 11.6. The second-order valence-corrected chi connectivity index (χ2v) is 3.81. The molecule has 0 aliphatic heterocycles. The molecule has 0 unspecified atom stereocenters. The van der Waals surface area contributed by atoms with Crippen molar-refractivity contribution in [2.75, 3.05) is 6.54 Å². The zero-order chi connectivity index (χ0) is 11.3. The topological polar surface area (TPSA) is 55.1 Å². The van der Waals surface area contributed by atoms with Crippen molar-refractivity contribution >= 4 is 5.91 Å². The molecule has 0 bridgehead atoms. The average molecular weight is 206 g/mol. The molecule has 1 aromatic rings. The third-order valence-corrected chi connectivity index (χ3v) is 2.37. The quantitative estimate of drug-likeness (QED) is 0.772. The molecule has 3 heteroatoms. The number of amides is 1. The summed E-state index contributed by atoms with van der Waals surface area (Å²) < 4.78 is 0. The van der Waals surface area contributed by atoms with Crippen molar-refractivity contribution in [3.63, 3.8) is 0 Å². The van der Waals surface area contributed by atoms with Crippen molar-refractivity contribution in [2.24, 2.45) is 5.73 Å². The van der Waals surface area contributed by atoms with Crippen LogP contribution in [-0.2, 0) is 11.2 Å². The molecule has 0 spiro atoms. The summed E-state index contributed by atoms with van der Waals surface area (Å²) in [5, 5.41) is 2.84. The zero-order valence-electron chi connectivity index (χ0n) is 9.29. The lowest BCUT2D eigenvalue weighted by molar-refractivity contribution is -0.121. The maximum absolute atomic E-state index is 11.6. The Labute approximate surface area is 90.7 Å². The highest BCUT2D eigenvalue weighted by Crippen LogP contribution is 2.07. The van der Waals surface area contributed by atoms with Gasteiger partial charge in [0.1, 0.15) is 0 Å². The minimum absolute atomic E-state index is 0.0299. The Morgan fingerprint density at radius 1 is 1.47 bits per heavy atom. The first kappa shape index (κ1) is 11.7. The van der Waals surface area contributed by atoms with E-state index in [1.54, 1.807) is 0 Å². The van der Waals surface area contributed by atoms with Crippen LogP contribution in [0.1, 0.15) is 18.1 Å². The summed E-state index contributed by atoms with van der Waals surface area (Å²) in [6.07, 6.45) is 0.428. The lowest BCUT2D eigenvalue weighted by Gasteiger charge is -2.11. The van der Waals surface area contributed by atoms with E-state index in [9.17, 15) is 4.79 Å². The van der Waals surface area contributed by atoms with Gasteiger partial charge in [0.05, 0.1) is 6.42 Å². The number of nitrogens with one attached hydrogen (secondary N) is 1. The largest absolute Gasteiger partial charge is 0.352 e. The molecular weight excluding hydrogens is 188 g/mol. The summed E-state index contributed by atoms with van der Waals surface area (Å²) in [5.41, 5.74) is 7.64. The molecule has 1 aromatic carbocycles. The number of hydrogen-bond donors (Lipinski definition) is 2. The van der Waals surface area contributed by atoms with E-state index >= 15 is 0 Å². The van der Waals surface area contributed by atoms with Gasteiger partial charge in [0.2, 0.25) is 5.91 Å². The second kappa shape index (κ2) is 5.51. The molecule has 1 atom stereocenters. The molecule has 1 rings (SSSR count). The van der Waals surface area contributed by atoms with E-state index in [0.717, 1.165) is 11.1 Å². The Balaban J connectivity index is 2.55. The summed E-state index contributed by atoms with van der Waals surface area (Å²) in [7, 11) is 0. The van der Waals surface area contributed by atoms with Crippen LogP contribution < -0.4 is 11.1 Å². The molecule has 0 saturated heterocycles. The number of hydrogen-bond acceptors (Lipinski definition) is 2. The van der Waals surface area contributed by atoms with E-state index in [0.29, 0.717) is 13.0 Å². The molecule has 0 heterocycles. The Bertz CT molecular complexity index is 336. The van der Waals surface area contributed by atoms with Crippen molar-refractivity contribution < 1.29 is 4.79 Å². The van der Waals surface area contributed by atoms with Crippen molar-refractivity contribution in [1.82, 2.24) is 5.32 Å². The number of carbonyl (C=O) groups excluding carboxylic acids is 1. The van der Waals surface area contributed by atoms with Gasteiger partial charge in [-0.2, -0.15) is 0 Å². The zero-order valence-corrected chi connectivity index (χ0v) is 9.29. The Morgan fingerprint density at radius 3 is 2.73 bits per heavy atom. The van der Waals surface area contributed by atoms with Crippen molar-refractivity contribution in [3.05, 3.63) is 35.4 Å². The van der Waals surface area contributed by atoms with Gasteiger partial charge < -0.3 is 11.1 Å². The maximum Gasteiger partial charge on any atom is 0.224 e. The number of benzene rings is 1. The number of carbonyl (C=O) groups is 1. The highest BCUT2D eigenvalue weighted by molar-refractivity contribution is 5.79. The van der Waals surface area contributed by atoms with Gasteiger partial charge in [-0.15, -0.1) is 0 Å². The fourth-order valence-electron chi connectivity index (χ4n) is 1.37. The minimum atomic E-state index is 0.0299.